The van der Waals surface area contributed by atoms with Crippen molar-refractivity contribution in [2.24, 2.45) is 11.7 Å². The topological polar surface area (TPSA) is 121 Å². The monoisotopic (exact) mass is 424 g/mol. The molecule has 0 aliphatic heterocycles. The van der Waals surface area contributed by atoms with Gasteiger partial charge in [0, 0.05) is 17.9 Å². The molecule has 160 valence electrons. The highest BCUT2D eigenvalue weighted by atomic mass is 19.1. The number of ketones is 1. The minimum atomic E-state index is -0.552. The van der Waals surface area contributed by atoms with Crippen molar-refractivity contribution in [3.8, 4) is 17.2 Å². The zero-order valence-electron chi connectivity index (χ0n) is 16.9. The summed E-state index contributed by atoms with van der Waals surface area (Å²) < 4.78 is 25.3. The van der Waals surface area contributed by atoms with Crippen molar-refractivity contribution in [3.05, 3.63) is 59.4 Å². The Labute approximate surface area is 177 Å². The van der Waals surface area contributed by atoms with Crippen LogP contribution in [0.3, 0.4) is 0 Å². The van der Waals surface area contributed by atoms with E-state index in [1.165, 1.54) is 12.3 Å². The highest BCUT2D eigenvalue weighted by molar-refractivity contribution is 5.97. The number of primary amides is 1. The van der Waals surface area contributed by atoms with E-state index < -0.39 is 17.8 Å². The first-order chi connectivity index (χ1) is 14.9. The average molecular weight is 424 g/mol. The molecule has 1 amide bonds. The summed E-state index contributed by atoms with van der Waals surface area (Å²) in [5.74, 6) is 0.109. The van der Waals surface area contributed by atoms with Crippen molar-refractivity contribution in [2.75, 3.05) is 0 Å². The molecule has 2 N–H and O–H groups in total. The van der Waals surface area contributed by atoms with Crippen molar-refractivity contribution >= 4 is 11.7 Å². The van der Waals surface area contributed by atoms with Gasteiger partial charge in [0.25, 0.3) is 5.89 Å². The quantitative estimate of drug-likeness (QED) is 0.522. The molecule has 4 rings (SSSR count). The van der Waals surface area contributed by atoms with E-state index >= 15 is 0 Å². The van der Waals surface area contributed by atoms with E-state index in [2.05, 4.69) is 15.1 Å². The van der Waals surface area contributed by atoms with E-state index in [1.54, 1.807) is 31.2 Å². The van der Waals surface area contributed by atoms with E-state index in [9.17, 15) is 14.0 Å². The Bertz CT molecular complexity index is 1110. The lowest BCUT2D eigenvalue weighted by Crippen LogP contribution is -2.11. The molecule has 1 fully saturated rings. The van der Waals surface area contributed by atoms with Gasteiger partial charge in [0.05, 0.1) is 6.20 Å². The van der Waals surface area contributed by atoms with Gasteiger partial charge in [-0.15, -0.1) is 0 Å². The van der Waals surface area contributed by atoms with E-state index in [-0.39, 0.29) is 36.3 Å². The van der Waals surface area contributed by atoms with Gasteiger partial charge in [-0.3, -0.25) is 9.59 Å². The second-order valence-corrected chi connectivity index (χ2v) is 7.51. The third kappa shape index (κ3) is 4.93. The van der Waals surface area contributed by atoms with Crippen LogP contribution in [0.4, 0.5) is 4.39 Å². The summed E-state index contributed by atoms with van der Waals surface area (Å²) >= 11 is 0. The minimum Gasteiger partial charge on any atom is -0.481 e. The molecule has 0 saturated heterocycles. The molecule has 0 radical (unpaired) electrons. The number of aromatic nitrogens is 3. The maximum absolute atomic E-state index is 14.3. The van der Waals surface area contributed by atoms with E-state index in [4.69, 9.17) is 15.0 Å². The molecule has 0 bridgehead atoms. The molecule has 1 aromatic carbocycles. The fraction of sp³-hybridized carbons (Fsp3) is 0.318. The molecular formula is C22H21FN4O4. The van der Waals surface area contributed by atoms with Gasteiger partial charge < -0.3 is 15.0 Å². The summed E-state index contributed by atoms with van der Waals surface area (Å²) in [6.45, 7) is 1.74. The maximum Gasteiger partial charge on any atom is 0.258 e. The molecule has 31 heavy (non-hydrogen) atoms. The molecule has 1 atom stereocenters. The number of ether oxygens (including phenoxy) is 1. The van der Waals surface area contributed by atoms with Crippen LogP contribution >= 0.6 is 0 Å². The van der Waals surface area contributed by atoms with Gasteiger partial charge in [-0.05, 0) is 56.0 Å². The number of carbonyl (C=O) groups is 2. The van der Waals surface area contributed by atoms with Crippen molar-refractivity contribution < 1.29 is 23.2 Å². The third-order valence-corrected chi connectivity index (χ3v) is 5.00. The largest absolute Gasteiger partial charge is 0.481 e. The number of hydrogen-bond acceptors (Lipinski definition) is 7. The van der Waals surface area contributed by atoms with Crippen LogP contribution in [0, 0.1) is 11.7 Å². The number of rotatable bonds is 9. The molecule has 1 unspecified atom stereocenters. The minimum absolute atomic E-state index is 0.0651. The molecule has 1 aliphatic carbocycles. The highest BCUT2D eigenvalue weighted by Gasteiger charge is 2.31. The van der Waals surface area contributed by atoms with E-state index in [0.29, 0.717) is 22.6 Å². The SMILES string of the molecule is CC(Oc1ccc(C(=O)C2CC2)nc1)c1noc(-c2ccc(CCC(N)=O)c(F)c2)n1. The molecule has 2 aromatic heterocycles. The highest BCUT2D eigenvalue weighted by Crippen LogP contribution is 2.32. The van der Waals surface area contributed by atoms with Crippen molar-refractivity contribution in [1.82, 2.24) is 15.1 Å². The number of hydrogen-bond donors (Lipinski definition) is 1. The summed E-state index contributed by atoms with van der Waals surface area (Å²) in [5.41, 5.74) is 6.34. The number of benzene rings is 1. The van der Waals surface area contributed by atoms with Crippen molar-refractivity contribution in [2.45, 2.75) is 38.7 Å². The van der Waals surface area contributed by atoms with Gasteiger partial charge >= 0.3 is 0 Å². The van der Waals surface area contributed by atoms with Crippen LogP contribution in [0.2, 0.25) is 0 Å². The normalized spacial score (nSPS) is 14.3. The zero-order chi connectivity index (χ0) is 22.0. The van der Waals surface area contributed by atoms with Crippen LogP contribution in [-0.2, 0) is 11.2 Å². The predicted molar refractivity (Wildman–Crippen MR) is 108 cm³/mol. The van der Waals surface area contributed by atoms with Crippen molar-refractivity contribution in [3.63, 3.8) is 0 Å². The zero-order valence-corrected chi connectivity index (χ0v) is 16.9. The first-order valence-electron chi connectivity index (χ1n) is 9.98. The number of halogens is 1. The van der Waals surface area contributed by atoms with Gasteiger partial charge in [0.2, 0.25) is 11.7 Å². The lowest BCUT2D eigenvalue weighted by Gasteiger charge is -2.10. The number of pyridine rings is 1. The van der Waals surface area contributed by atoms with Crippen LogP contribution in [-0.4, -0.2) is 26.8 Å². The molecule has 9 heteroatoms. The molecule has 2 heterocycles. The Morgan fingerprint density at radius 3 is 2.74 bits per heavy atom. The van der Waals surface area contributed by atoms with E-state index in [0.717, 1.165) is 12.8 Å². The summed E-state index contributed by atoms with van der Waals surface area (Å²) in [6.07, 6.45) is 3.09. The fourth-order valence-electron chi connectivity index (χ4n) is 3.07. The molecule has 0 spiro atoms. The first-order valence-corrected chi connectivity index (χ1v) is 9.98. The number of nitrogens with two attached hydrogens (primary N) is 1. The lowest BCUT2D eigenvalue weighted by atomic mass is 10.1. The number of carbonyl (C=O) groups excluding carboxylic acids is 2. The van der Waals surface area contributed by atoms with Crippen LogP contribution in [0.1, 0.15) is 54.2 Å². The lowest BCUT2D eigenvalue weighted by molar-refractivity contribution is -0.118. The Morgan fingerprint density at radius 2 is 2.10 bits per heavy atom. The third-order valence-electron chi connectivity index (χ3n) is 5.00. The van der Waals surface area contributed by atoms with Crippen LogP contribution in [0.15, 0.2) is 41.1 Å². The predicted octanol–water partition coefficient (Wildman–Crippen LogP) is 3.42. The first kappa shape index (κ1) is 20.6. The Balaban J connectivity index is 1.41. The number of amides is 1. The summed E-state index contributed by atoms with van der Waals surface area (Å²) in [5, 5.41) is 3.91. The summed E-state index contributed by atoms with van der Waals surface area (Å²) in [4.78, 5) is 31.4. The van der Waals surface area contributed by atoms with Crippen molar-refractivity contribution in [1.29, 1.82) is 0 Å². The number of Topliss-reactive ketones (excluding diaryl/α,β-unsaturated/α-hetero) is 1. The molecule has 1 aliphatic rings. The van der Waals surface area contributed by atoms with Gasteiger partial charge in [-0.2, -0.15) is 4.98 Å². The Kier molecular flexibility index (Phi) is 5.75. The van der Waals surface area contributed by atoms with Gasteiger partial charge in [-0.1, -0.05) is 11.2 Å². The summed E-state index contributed by atoms with van der Waals surface area (Å²) in [7, 11) is 0. The van der Waals surface area contributed by atoms with Crippen LogP contribution in [0.25, 0.3) is 11.5 Å². The maximum atomic E-state index is 14.3. The fourth-order valence-corrected chi connectivity index (χ4v) is 3.07. The number of nitrogens with zero attached hydrogens (tertiary/aromatic N) is 3. The van der Waals surface area contributed by atoms with E-state index in [1.807, 2.05) is 0 Å². The Hall–Kier alpha value is -3.62. The smallest absolute Gasteiger partial charge is 0.258 e. The average Bonchev–Trinajstić information content (AvgIpc) is 3.48. The van der Waals surface area contributed by atoms with Gasteiger partial charge in [0.1, 0.15) is 17.3 Å². The standard InChI is InChI=1S/C22H21FN4O4/c1-12(30-16-7-8-18(25-11-16)20(29)14-3-4-14)21-26-22(31-27-21)15-5-2-13(17(23)10-15)6-9-19(24)28/h2,5,7-8,10-12,14H,3-4,6,9H2,1H3,(H2,24,28). The molecule has 8 nitrogen and oxygen atoms in total. The van der Waals surface area contributed by atoms with Gasteiger partial charge in [-0.25, -0.2) is 9.37 Å². The summed E-state index contributed by atoms with van der Waals surface area (Å²) in [6, 6.07) is 7.81. The number of aryl methyl sites for hydroxylation is 1. The molecule has 1 saturated carbocycles. The second-order valence-electron chi connectivity index (χ2n) is 7.51. The van der Waals surface area contributed by atoms with Gasteiger partial charge in [0.15, 0.2) is 11.9 Å². The molecule has 3 aromatic rings. The molecular weight excluding hydrogens is 403 g/mol. The van der Waals surface area contributed by atoms with Crippen LogP contribution in [0.5, 0.6) is 5.75 Å². The van der Waals surface area contributed by atoms with Crippen LogP contribution < -0.4 is 10.5 Å². The second kappa shape index (κ2) is 8.63. The Morgan fingerprint density at radius 1 is 1.29 bits per heavy atom.